The molecule has 0 unspecified atom stereocenters. The quantitative estimate of drug-likeness (QED) is 0.647. The molecule has 0 amide bonds. The molecule has 1 aliphatic heterocycles. The molecule has 19 heavy (non-hydrogen) atoms. The number of fused-ring (bicyclic) bond motifs is 1. The fourth-order valence-electron chi connectivity index (χ4n) is 1.95. The zero-order valence-corrected chi connectivity index (χ0v) is 10.6. The molecule has 2 N–H and O–H groups in total. The number of nitro benzene ring substituents is 1. The van der Waals surface area contributed by atoms with E-state index in [2.05, 4.69) is 4.99 Å². The van der Waals surface area contributed by atoms with Gasteiger partial charge in [-0.05, 0) is 23.6 Å². The van der Waals surface area contributed by atoms with Gasteiger partial charge in [-0.2, -0.15) is 0 Å². The summed E-state index contributed by atoms with van der Waals surface area (Å²) in [7, 11) is 0. The van der Waals surface area contributed by atoms with E-state index in [1.165, 1.54) is 12.1 Å². The first kappa shape index (κ1) is 11.7. The average molecular weight is 274 g/mol. The Labute approximate surface area is 112 Å². The lowest BCUT2D eigenvalue weighted by Crippen LogP contribution is -2.41. The molecule has 96 valence electrons. The molecule has 3 rings (SSSR count). The van der Waals surface area contributed by atoms with Gasteiger partial charge >= 0.3 is 0 Å². The van der Waals surface area contributed by atoms with Crippen LogP contribution in [0.3, 0.4) is 0 Å². The minimum Gasteiger partial charge on any atom is -0.384 e. The SMILES string of the molecule is NC1=c2ccsc2=NCN1c1ccc([N+](=O)[O-])cc1. The van der Waals surface area contributed by atoms with Gasteiger partial charge in [0.15, 0.2) is 0 Å². The summed E-state index contributed by atoms with van der Waals surface area (Å²) in [5.41, 5.74) is 6.98. The number of benzene rings is 1. The molecule has 1 aromatic carbocycles. The third kappa shape index (κ3) is 1.93. The Bertz CT molecular complexity index is 751. The van der Waals surface area contributed by atoms with Crippen molar-refractivity contribution in [3.63, 3.8) is 0 Å². The summed E-state index contributed by atoms with van der Waals surface area (Å²) in [4.78, 5) is 16.5. The second kappa shape index (κ2) is 4.36. The Hall–Kier alpha value is -2.41. The van der Waals surface area contributed by atoms with Crippen LogP contribution in [0.2, 0.25) is 0 Å². The number of rotatable bonds is 2. The van der Waals surface area contributed by atoms with E-state index in [-0.39, 0.29) is 5.69 Å². The highest BCUT2D eigenvalue weighted by atomic mass is 32.1. The topological polar surface area (TPSA) is 84.8 Å². The molecular weight excluding hydrogens is 264 g/mol. The lowest BCUT2D eigenvalue weighted by molar-refractivity contribution is -0.384. The van der Waals surface area contributed by atoms with Crippen LogP contribution in [-0.2, 0) is 0 Å². The highest BCUT2D eigenvalue weighted by molar-refractivity contribution is 7.07. The minimum atomic E-state index is -0.422. The molecule has 7 heteroatoms. The maximum absolute atomic E-state index is 10.6. The second-order valence-electron chi connectivity index (χ2n) is 4.03. The fraction of sp³-hybridized carbons (Fsp3) is 0.0833. The molecular formula is C12H10N4O2S. The number of anilines is 1. The van der Waals surface area contributed by atoms with Crippen molar-refractivity contribution in [2.24, 2.45) is 10.7 Å². The summed E-state index contributed by atoms with van der Waals surface area (Å²) in [5, 5.41) is 13.5. The number of nitrogens with zero attached hydrogens (tertiary/aromatic N) is 3. The van der Waals surface area contributed by atoms with Crippen LogP contribution in [0.1, 0.15) is 0 Å². The number of nitrogens with two attached hydrogens (primary N) is 1. The van der Waals surface area contributed by atoms with Crippen molar-refractivity contribution < 1.29 is 4.92 Å². The number of hydrogen-bond donors (Lipinski definition) is 1. The summed E-state index contributed by atoms with van der Waals surface area (Å²) >= 11 is 1.55. The molecule has 2 heterocycles. The van der Waals surface area contributed by atoms with E-state index in [9.17, 15) is 10.1 Å². The molecule has 0 bridgehead atoms. The van der Waals surface area contributed by atoms with Gasteiger partial charge in [0, 0.05) is 17.8 Å². The van der Waals surface area contributed by atoms with Crippen molar-refractivity contribution in [1.29, 1.82) is 0 Å². The first-order valence-electron chi connectivity index (χ1n) is 5.56. The Balaban J connectivity index is 2.02. The Morgan fingerprint density at radius 2 is 2.05 bits per heavy atom. The lowest BCUT2D eigenvalue weighted by Gasteiger charge is -2.24. The van der Waals surface area contributed by atoms with Gasteiger partial charge < -0.3 is 10.6 Å². The normalized spacial score (nSPS) is 13.9. The van der Waals surface area contributed by atoms with Crippen molar-refractivity contribution in [2.75, 3.05) is 11.6 Å². The van der Waals surface area contributed by atoms with E-state index < -0.39 is 4.92 Å². The molecule has 2 aromatic rings. The zero-order valence-electron chi connectivity index (χ0n) is 9.81. The predicted molar refractivity (Wildman–Crippen MR) is 73.1 cm³/mol. The number of thiophene rings is 1. The molecule has 1 aliphatic rings. The van der Waals surface area contributed by atoms with E-state index >= 15 is 0 Å². The zero-order chi connectivity index (χ0) is 13.4. The largest absolute Gasteiger partial charge is 0.384 e. The van der Waals surface area contributed by atoms with Gasteiger partial charge in [-0.3, -0.25) is 15.1 Å². The van der Waals surface area contributed by atoms with Crippen molar-refractivity contribution in [2.45, 2.75) is 0 Å². The van der Waals surface area contributed by atoms with Crippen LogP contribution < -0.4 is 20.5 Å². The Morgan fingerprint density at radius 3 is 2.74 bits per heavy atom. The maximum atomic E-state index is 10.6. The number of non-ortho nitro benzene ring substituents is 1. The summed E-state index contributed by atoms with van der Waals surface area (Å²) in [6.45, 7) is 0.428. The van der Waals surface area contributed by atoms with Crippen molar-refractivity contribution in [1.82, 2.24) is 0 Å². The molecule has 1 aromatic heterocycles. The fourth-order valence-corrected chi connectivity index (χ4v) is 2.72. The van der Waals surface area contributed by atoms with Gasteiger partial charge in [0.05, 0.1) is 10.1 Å². The van der Waals surface area contributed by atoms with E-state index in [0.717, 1.165) is 15.6 Å². The summed E-state index contributed by atoms with van der Waals surface area (Å²) in [5.74, 6) is 0.625. The molecule has 0 radical (unpaired) electrons. The van der Waals surface area contributed by atoms with Crippen LogP contribution in [0.5, 0.6) is 0 Å². The number of hydrogen-bond acceptors (Lipinski definition) is 6. The first-order chi connectivity index (χ1) is 9.16. The average Bonchev–Trinajstić information content (AvgIpc) is 2.88. The van der Waals surface area contributed by atoms with Gasteiger partial charge in [0.1, 0.15) is 17.2 Å². The third-order valence-corrected chi connectivity index (χ3v) is 3.78. The molecule has 6 nitrogen and oxygen atoms in total. The maximum Gasteiger partial charge on any atom is 0.269 e. The van der Waals surface area contributed by atoms with E-state index in [4.69, 9.17) is 5.73 Å². The second-order valence-corrected chi connectivity index (χ2v) is 4.92. The van der Waals surface area contributed by atoms with Gasteiger partial charge in [-0.25, -0.2) is 0 Å². The van der Waals surface area contributed by atoms with Gasteiger partial charge in [0.2, 0.25) is 0 Å². The highest BCUT2D eigenvalue weighted by Gasteiger charge is 2.15. The summed E-state index contributed by atoms with van der Waals surface area (Å²) in [6.07, 6.45) is 0. The predicted octanol–water partition coefficient (Wildman–Crippen LogP) is 0.778. The molecule has 0 saturated heterocycles. The summed E-state index contributed by atoms with van der Waals surface area (Å²) in [6, 6.07) is 8.21. The van der Waals surface area contributed by atoms with Crippen molar-refractivity contribution in [3.05, 3.63) is 55.7 Å². The lowest BCUT2D eigenvalue weighted by atomic mass is 10.2. The van der Waals surface area contributed by atoms with E-state index in [1.54, 1.807) is 23.5 Å². The van der Waals surface area contributed by atoms with Gasteiger partial charge in [-0.1, -0.05) is 0 Å². The van der Waals surface area contributed by atoms with Crippen LogP contribution in [0, 0.1) is 10.1 Å². The Morgan fingerprint density at radius 1 is 1.32 bits per heavy atom. The highest BCUT2D eigenvalue weighted by Crippen LogP contribution is 2.21. The first-order valence-corrected chi connectivity index (χ1v) is 6.44. The monoisotopic (exact) mass is 274 g/mol. The van der Waals surface area contributed by atoms with E-state index in [0.29, 0.717) is 12.5 Å². The molecule has 0 saturated carbocycles. The molecule has 0 atom stereocenters. The van der Waals surface area contributed by atoms with Crippen LogP contribution in [0.25, 0.3) is 5.82 Å². The molecule has 0 aliphatic carbocycles. The van der Waals surface area contributed by atoms with Crippen LogP contribution in [0.15, 0.2) is 40.7 Å². The standard InChI is InChI=1S/C12H10N4O2S/c13-11-10-5-6-19-12(10)14-7-15(11)8-1-3-9(4-2-8)16(17)18/h1-6H,7,13H2. The van der Waals surface area contributed by atoms with Crippen LogP contribution >= 0.6 is 11.3 Å². The molecule has 0 fully saturated rings. The minimum absolute atomic E-state index is 0.0625. The Kier molecular flexibility index (Phi) is 2.68. The van der Waals surface area contributed by atoms with Crippen molar-refractivity contribution in [3.8, 4) is 0 Å². The summed E-state index contributed by atoms with van der Waals surface area (Å²) < 4.78 is 0.927. The van der Waals surface area contributed by atoms with Gasteiger partial charge in [-0.15, -0.1) is 11.3 Å². The van der Waals surface area contributed by atoms with Gasteiger partial charge in [0.25, 0.3) is 5.69 Å². The third-order valence-electron chi connectivity index (χ3n) is 2.94. The number of nitro groups is 1. The van der Waals surface area contributed by atoms with Crippen LogP contribution in [-0.4, -0.2) is 11.6 Å². The smallest absolute Gasteiger partial charge is 0.269 e. The van der Waals surface area contributed by atoms with E-state index in [1.807, 2.05) is 16.3 Å². The van der Waals surface area contributed by atoms with Crippen LogP contribution in [0.4, 0.5) is 11.4 Å². The molecule has 0 spiro atoms. The van der Waals surface area contributed by atoms with Crippen molar-refractivity contribution >= 4 is 28.5 Å².